The first kappa shape index (κ1) is 23.2. The molecule has 0 unspecified atom stereocenters. The summed E-state index contributed by atoms with van der Waals surface area (Å²) in [6.07, 6.45) is 3.04. The van der Waals surface area contributed by atoms with Gasteiger partial charge in [-0.3, -0.25) is 4.79 Å². The second kappa shape index (κ2) is 9.92. The highest BCUT2D eigenvalue weighted by atomic mass is 32.2. The van der Waals surface area contributed by atoms with Gasteiger partial charge in [-0.1, -0.05) is 41.6 Å². The van der Waals surface area contributed by atoms with Crippen LogP contribution in [0.3, 0.4) is 0 Å². The normalized spacial score (nSPS) is 10.9. The minimum absolute atomic E-state index is 0.217. The zero-order valence-corrected chi connectivity index (χ0v) is 19.8. The number of fused-ring (bicyclic) bond motifs is 1. The third-order valence-corrected chi connectivity index (χ3v) is 6.16. The zero-order valence-electron chi connectivity index (χ0n) is 18.9. The van der Waals surface area contributed by atoms with E-state index < -0.39 is 17.6 Å². The summed E-state index contributed by atoms with van der Waals surface area (Å²) in [5.41, 5.74) is 2.68. The Kier molecular flexibility index (Phi) is 6.78. The molecule has 0 aliphatic carbocycles. The van der Waals surface area contributed by atoms with Gasteiger partial charge in [-0.05, 0) is 44.5 Å². The van der Waals surface area contributed by atoms with Crippen LogP contribution in [0.2, 0.25) is 0 Å². The number of rotatable bonds is 7. The van der Waals surface area contributed by atoms with Crippen molar-refractivity contribution in [2.75, 3.05) is 11.9 Å². The lowest BCUT2D eigenvalue weighted by atomic mass is 10.2. The Labute approximate surface area is 199 Å². The molecule has 0 fully saturated rings. The highest BCUT2D eigenvalue weighted by molar-refractivity contribution is 7.99. The monoisotopic (exact) mass is 477 g/mol. The molecule has 10 heteroatoms. The number of amides is 1. The maximum absolute atomic E-state index is 12.9. The zero-order chi connectivity index (χ0) is 24.2. The molecular weight excluding hydrogens is 454 g/mol. The number of carbonyl (C=O) groups excluding carboxylic acids is 2. The lowest BCUT2D eigenvalue weighted by Crippen LogP contribution is -2.28. The number of nitrogens with zero attached hydrogens (tertiary/aromatic N) is 4. The highest BCUT2D eigenvalue weighted by Crippen LogP contribution is 2.31. The predicted octanol–water partition coefficient (Wildman–Crippen LogP) is 3.47. The summed E-state index contributed by atoms with van der Waals surface area (Å²) in [6.45, 7) is 5.63. The van der Waals surface area contributed by atoms with E-state index in [1.54, 1.807) is 31.2 Å². The first-order valence-corrected chi connectivity index (χ1v) is 11.4. The second-order valence-electron chi connectivity index (χ2n) is 7.55. The fourth-order valence-corrected chi connectivity index (χ4v) is 4.33. The van der Waals surface area contributed by atoms with Gasteiger partial charge in [0.25, 0.3) is 0 Å². The molecule has 2 heterocycles. The van der Waals surface area contributed by atoms with Gasteiger partial charge in [-0.2, -0.15) is 0 Å². The lowest BCUT2D eigenvalue weighted by molar-refractivity contribution is -0.117. The Balaban J connectivity index is 1.58. The molecule has 1 N–H and O–H groups in total. The van der Waals surface area contributed by atoms with Gasteiger partial charge in [0.05, 0.1) is 17.9 Å². The Morgan fingerprint density at radius 3 is 2.71 bits per heavy atom. The molecule has 9 nitrogen and oxygen atoms in total. The van der Waals surface area contributed by atoms with Crippen molar-refractivity contribution in [2.24, 2.45) is 0 Å². The van der Waals surface area contributed by atoms with Gasteiger partial charge in [-0.25, -0.2) is 23.7 Å². The number of carbonyl (C=O) groups is 2. The summed E-state index contributed by atoms with van der Waals surface area (Å²) < 4.78 is 7.47. The second-order valence-corrected chi connectivity index (χ2v) is 8.58. The van der Waals surface area contributed by atoms with Crippen molar-refractivity contribution in [3.8, 4) is 0 Å². The molecule has 4 aromatic rings. The van der Waals surface area contributed by atoms with E-state index in [4.69, 9.17) is 4.74 Å². The Morgan fingerprint density at radius 1 is 1.15 bits per heavy atom. The number of ether oxygens (including phenoxy) is 1. The number of anilines is 1. The van der Waals surface area contributed by atoms with Crippen molar-refractivity contribution >= 4 is 35.0 Å². The fraction of sp³-hybridized carbons (Fsp3) is 0.208. The molecule has 0 aliphatic rings. The minimum Gasteiger partial charge on any atom is -0.462 e. The van der Waals surface area contributed by atoms with Gasteiger partial charge in [0, 0.05) is 17.3 Å². The van der Waals surface area contributed by atoms with Crippen molar-refractivity contribution in [3.05, 3.63) is 82.0 Å². The van der Waals surface area contributed by atoms with Crippen LogP contribution in [0.1, 0.15) is 28.4 Å². The van der Waals surface area contributed by atoms with Crippen LogP contribution >= 0.6 is 11.8 Å². The summed E-state index contributed by atoms with van der Waals surface area (Å²) in [5, 5.41) is 7.58. The summed E-state index contributed by atoms with van der Waals surface area (Å²) in [4.78, 5) is 43.1. The maximum atomic E-state index is 12.9. The number of benzene rings is 2. The van der Waals surface area contributed by atoms with Gasteiger partial charge >= 0.3 is 11.7 Å². The van der Waals surface area contributed by atoms with Crippen molar-refractivity contribution < 1.29 is 14.3 Å². The molecule has 0 bridgehead atoms. The van der Waals surface area contributed by atoms with Crippen LogP contribution in [0.15, 0.2) is 69.6 Å². The smallest absolute Gasteiger partial charge is 0.350 e. The van der Waals surface area contributed by atoms with Crippen LogP contribution in [0.4, 0.5) is 5.69 Å². The summed E-state index contributed by atoms with van der Waals surface area (Å²) in [5.74, 6) is -1.04. The molecule has 2 aromatic heterocycles. The van der Waals surface area contributed by atoms with Crippen LogP contribution in [-0.4, -0.2) is 37.6 Å². The number of para-hydroxylation sites is 1. The highest BCUT2D eigenvalue weighted by Gasteiger charge is 2.18. The quantitative estimate of drug-likeness (QED) is 0.406. The van der Waals surface area contributed by atoms with Crippen LogP contribution in [-0.2, 0) is 16.1 Å². The SMILES string of the molecule is CCOC(=O)c1ccccc1NC(=O)Cn1nc2c(Sc3ccc(C)cc3C)nccn2c1=O. The van der Waals surface area contributed by atoms with E-state index in [0.717, 1.165) is 20.7 Å². The molecule has 0 aliphatic heterocycles. The Bertz CT molecular complexity index is 1440. The maximum Gasteiger partial charge on any atom is 0.350 e. The number of esters is 1. The third-order valence-electron chi connectivity index (χ3n) is 5.00. The van der Waals surface area contributed by atoms with E-state index in [-0.39, 0.29) is 18.7 Å². The first-order valence-electron chi connectivity index (χ1n) is 10.6. The molecule has 4 rings (SSSR count). The van der Waals surface area contributed by atoms with Crippen molar-refractivity contribution in [1.82, 2.24) is 19.2 Å². The Hall–Kier alpha value is -3.92. The van der Waals surface area contributed by atoms with E-state index in [1.807, 2.05) is 26.0 Å². The average molecular weight is 478 g/mol. The van der Waals surface area contributed by atoms with E-state index in [0.29, 0.717) is 16.4 Å². The Morgan fingerprint density at radius 2 is 1.94 bits per heavy atom. The number of hydrogen-bond donors (Lipinski definition) is 1. The van der Waals surface area contributed by atoms with E-state index >= 15 is 0 Å². The van der Waals surface area contributed by atoms with E-state index in [2.05, 4.69) is 21.5 Å². The average Bonchev–Trinajstić information content (AvgIpc) is 3.12. The van der Waals surface area contributed by atoms with Crippen LogP contribution in [0.25, 0.3) is 5.65 Å². The molecule has 0 saturated heterocycles. The molecule has 2 aromatic carbocycles. The predicted molar refractivity (Wildman–Crippen MR) is 128 cm³/mol. The molecule has 0 spiro atoms. The standard InChI is InChI=1S/C24H23N5O4S/c1-4-33-23(31)17-7-5-6-8-18(17)26-20(30)14-29-24(32)28-12-11-25-22(21(28)27-29)34-19-10-9-15(2)13-16(19)3/h5-13H,4,14H2,1-3H3,(H,26,30). The van der Waals surface area contributed by atoms with Gasteiger partial charge in [0.2, 0.25) is 5.91 Å². The van der Waals surface area contributed by atoms with Crippen LogP contribution < -0.4 is 11.0 Å². The van der Waals surface area contributed by atoms with Crippen molar-refractivity contribution in [1.29, 1.82) is 0 Å². The van der Waals surface area contributed by atoms with Crippen molar-refractivity contribution in [3.63, 3.8) is 0 Å². The molecule has 174 valence electrons. The largest absolute Gasteiger partial charge is 0.462 e. The molecular formula is C24H23N5O4S. The van der Waals surface area contributed by atoms with Gasteiger partial charge < -0.3 is 10.1 Å². The molecule has 0 radical (unpaired) electrons. The number of aromatic nitrogens is 4. The van der Waals surface area contributed by atoms with Crippen LogP contribution in [0, 0.1) is 13.8 Å². The van der Waals surface area contributed by atoms with Crippen LogP contribution in [0.5, 0.6) is 0 Å². The summed E-state index contributed by atoms with van der Waals surface area (Å²) in [7, 11) is 0. The minimum atomic E-state index is -0.539. The number of aryl methyl sites for hydroxylation is 2. The number of nitrogens with one attached hydrogen (secondary N) is 1. The van der Waals surface area contributed by atoms with Crippen molar-refractivity contribution in [2.45, 2.75) is 37.2 Å². The summed E-state index contributed by atoms with van der Waals surface area (Å²) >= 11 is 1.41. The van der Waals surface area contributed by atoms with Gasteiger partial charge in [0.15, 0.2) is 5.65 Å². The van der Waals surface area contributed by atoms with Gasteiger partial charge in [-0.15, -0.1) is 5.10 Å². The van der Waals surface area contributed by atoms with E-state index in [9.17, 15) is 14.4 Å². The topological polar surface area (TPSA) is 108 Å². The molecule has 0 atom stereocenters. The first-order chi connectivity index (χ1) is 16.4. The number of hydrogen-bond acceptors (Lipinski definition) is 7. The van der Waals surface area contributed by atoms with E-state index in [1.165, 1.54) is 28.6 Å². The molecule has 34 heavy (non-hydrogen) atoms. The molecule has 1 amide bonds. The lowest BCUT2D eigenvalue weighted by Gasteiger charge is -2.10. The molecule has 0 saturated carbocycles. The van der Waals surface area contributed by atoms with Gasteiger partial charge in [0.1, 0.15) is 11.6 Å². The fourth-order valence-electron chi connectivity index (χ4n) is 3.42. The third kappa shape index (κ3) is 4.86. The summed E-state index contributed by atoms with van der Waals surface area (Å²) in [6, 6.07) is 12.6.